The number of carbonyl (C=O) groups excluding carboxylic acids is 1. The lowest BCUT2D eigenvalue weighted by Crippen LogP contribution is -2.54. The minimum Gasteiger partial charge on any atom is -0.409 e. The smallest absolute Gasteiger partial charge is 0.236 e. The molecule has 0 aromatic heterocycles. The molecule has 1 aromatic carbocycles. The number of nitrogens with two attached hydrogens (primary N) is 1. The summed E-state index contributed by atoms with van der Waals surface area (Å²) in [6.07, 6.45) is 2.24. The van der Waals surface area contributed by atoms with Crippen molar-refractivity contribution < 1.29 is 10.0 Å². The Kier molecular flexibility index (Phi) is 3.97. The number of amides is 1. The zero-order valence-corrected chi connectivity index (χ0v) is 12.0. The molecule has 0 saturated heterocycles. The van der Waals surface area contributed by atoms with E-state index in [1.807, 2.05) is 31.2 Å². The first-order valence-electron chi connectivity index (χ1n) is 6.79. The Balaban J connectivity index is 2.15. The van der Waals surface area contributed by atoms with Crippen molar-refractivity contribution in [1.29, 1.82) is 0 Å². The number of oxime groups is 1. The SMILES string of the molecule is Cc1ccccc1CN(C)C(=O)C1(/C(N)=N/O)CCC1. The number of carbonyl (C=O) groups is 1. The fourth-order valence-electron chi connectivity index (χ4n) is 2.69. The second-order valence-electron chi connectivity index (χ2n) is 5.51. The summed E-state index contributed by atoms with van der Waals surface area (Å²) < 4.78 is 0. The highest BCUT2D eigenvalue weighted by Gasteiger charge is 2.49. The summed E-state index contributed by atoms with van der Waals surface area (Å²) in [6, 6.07) is 7.97. The van der Waals surface area contributed by atoms with Crippen LogP contribution in [-0.4, -0.2) is 28.9 Å². The van der Waals surface area contributed by atoms with Crippen LogP contribution in [0.5, 0.6) is 0 Å². The highest BCUT2D eigenvalue weighted by atomic mass is 16.4. The van der Waals surface area contributed by atoms with Crippen LogP contribution in [0, 0.1) is 12.3 Å². The van der Waals surface area contributed by atoms with Crippen molar-refractivity contribution in [3.8, 4) is 0 Å². The maximum atomic E-state index is 12.6. The first-order valence-corrected chi connectivity index (χ1v) is 6.79. The molecule has 5 heteroatoms. The molecule has 1 aliphatic carbocycles. The van der Waals surface area contributed by atoms with Gasteiger partial charge in [-0.2, -0.15) is 0 Å². The van der Waals surface area contributed by atoms with Gasteiger partial charge in [0.25, 0.3) is 0 Å². The Labute approximate surface area is 119 Å². The zero-order chi connectivity index (χ0) is 14.8. The van der Waals surface area contributed by atoms with Gasteiger partial charge in [0.05, 0.1) is 0 Å². The standard InChI is InChI=1S/C15H21N3O2/c1-11-6-3-4-7-12(11)10-18(2)14(19)15(8-5-9-15)13(16)17-20/h3-4,6-7,20H,5,8-10H2,1-2H3,(H2,16,17). The van der Waals surface area contributed by atoms with Gasteiger partial charge in [0.15, 0.2) is 5.84 Å². The van der Waals surface area contributed by atoms with Crippen LogP contribution in [0.1, 0.15) is 30.4 Å². The Morgan fingerprint density at radius 3 is 2.60 bits per heavy atom. The second-order valence-corrected chi connectivity index (χ2v) is 5.51. The molecule has 2 rings (SSSR count). The molecule has 1 aromatic rings. The predicted octanol–water partition coefficient (Wildman–Crippen LogP) is 1.87. The molecule has 20 heavy (non-hydrogen) atoms. The summed E-state index contributed by atoms with van der Waals surface area (Å²) in [5.41, 5.74) is 7.19. The summed E-state index contributed by atoms with van der Waals surface area (Å²) >= 11 is 0. The minimum absolute atomic E-state index is 0.0328. The van der Waals surface area contributed by atoms with Gasteiger partial charge in [0, 0.05) is 13.6 Å². The van der Waals surface area contributed by atoms with Crippen molar-refractivity contribution >= 4 is 11.7 Å². The quantitative estimate of drug-likeness (QED) is 0.381. The Hall–Kier alpha value is -2.04. The van der Waals surface area contributed by atoms with Crippen LogP contribution >= 0.6 is 0 Å². The molecule has 0 unspecified atom stereocenters. The third-order valence-electron chi connectivity index (χ3n) is 4.23. The molecule has 1 fully saturated rings. The van der Waals surface area contributed by atoms with E-state index >= 15 is 0 Å². The molecule has 1 amide bonds. The van der Waals surface area contributed by atoms with Gasteiger partial charge in [0.2, 0.25) is 5.91 Å². The molecule has 1 aliphatic rings. The molecule has 0 radical (unpaired) electrons. The van der Waals surface area contributed by atoms with Crippen LogP contribution in [0.2, 0.25) is 0 Å². The molecule has 3 N–H and O–H groups in total. The van der Waals surface area contributed by atoms with Crippen molar-refractivity contribution in [2.45, 2.75) is 32.7 Å². The summed E-state index contributed by atoms with van der Waals surface area (Å²) in [6.45, 7) is 2.56. The molecular weight excluding hydrogens is 254 g/mol. The number of hydrogen-bond acceptors (Lipinski definition) is 3. The normalized spacial score (nSPS) is 17.4. The fraction of sp³-hybridized carbons (Fsp3) is 0.467. The lowest BCUT2D eigenvalue weighted by atomic mass is 9.67. The number of rotatable bonds is 4. The Bertz CT molecular complexity index is 536. The van der Waals surface area contributed by atoms with E-state index in [0.29, 0.717) is 19.4 Å². The van der Waals surface area contributed by atoms with Crippen molar-refractivity contribution in [3.63, 3.8) is 0 Å². The number of benzene rings is 1. The van der Waals surface area contributed by atoms with Crippen molar-refractivity contribution in [2.24, 2.45) is 16.3 Å². The van der Waals surface area contributed by atoms with E-state index in [4.69, 9.17) is 10.9 Å². The lowest BCUT2D eigenvalue weighted by Gasteiger charge is -2.41. The first-order chi connectivity index (χ1) is 9.51. The van der Waals surface area contributed by atoms with Crippen molar-refractivity contribution in [2.75, 3.05) is 7.05 Å². The van der Waals surface area contributed by atoms with Gasteiger partial charge in [-0.25, -0.2) is 0 Å². The maximum absolute atomic E-state index is 12.6. The van der Waals surface area contributed by atoms with E-state index < -0.39 is 5.41 Å². The molecular formula is C15H21N3O2. The molecule has 0 aliphatic heterocycles. The van der Waals surface area contributed by atoms with Crippen LogP contribution in [0.25, 0.3) is 0 Å². The van der Waals surface area contributed by atoms with Gasteiger partial charge in [0.1, 0.15) is 5.41 Å². The van der Waals surface area contributed by atoms with E-state index in [2.05, 4.69) is 5.16 Å². The second kappa shape index (κ2) is 5.53. The van der Waals surface area contributed by atoms with Gasteiger partial charge in [-0.3, -0.25) is 4.79 Å². The van der Waals surface area contributed by atoms with Crippen LogP contribution in [0.15, 0.2) is 29.4 Å². The van der Waals surface area contributed by atoms with Gasteiger partial charge < -0.3 is 15.8 Å². The third-order valence-corrected chi connectivity index (χ3v) is 4.23. The largest absolute Gasteiger partial charge is 0.409 e. The third kappa shape index (κ3) is 2.35. The predicted molar refractivity (Wildman–Crippen MR) is 77.3 cm³/mol. The minimum atomic E-state index is -0.799. The van der Waals surface area contributed by atoms with Gasteiger partial charge in [-0.1, -0.05) is 35.8 Å². The lowest BCUT2D eigenvalue weighted by molar-refractivity contribution is -0.141. The van der Waals surface area contributed by atoms with Crippen LogP contribution in [0.3, 0.4) is 0 Å². The van der Waals surface area contributed by atoms with Gasteiger partial charge in [-0.15, -0.1) is 0 Å². The molecule has 0 spiro atoms. The molecule has 0 bridgehead atoms. The highest BCUT2D eigenvalue weighted by molar-refractivity contribution is 6.07. The maximum Gasteiger partial charge on any atom is 0.236 e. The summed E-state index contributed by atoms with van der Waals surface area (Å²) in [5, 5.41) is 11.9. The van der Waals surface area contributed by atoms with E-state index in [9.17, 15) is 4.79 Å². The molecule has 108 valence electrons. The number of hydrogen-bond donors (Lipinski definition) is 2. The first kappa shape index (κ1) is 14.4. The average Bonchev–Trinajstić information content (AvgIpc) is 2.39. The van der Waals surface area contributed by atoms with E-state index in [1.54, 1.807) is 11.9 Å². The number of nitrogens with zero attached hydrogens (tertiary/aromatic N) is 2. The summed E-state index contributed by atoms with van der Waals surface area (Å²) in [4.78, 5) is 14.3. The molecule has 0 atom stereocenters. The molecule has 0 heterocycles. The van der Waals surface area contributed by atoms with E-state index in [1.165, 1.54) is 0 Å². The monoisotopic (exact) mass is 275 g/mol. The zero-order valence-electron chi connectivity index (χ0n) is 12.0. The average molecular weight is 275 g/mol. The fourth-order valence-corrected chi connectivity index (χ4v) is 2.69. The van der Waals surface area contributed by atoms with Crippen LogP contribution in [-0.2, 0) is 11.3 Å². The summed E-state index contributed by atoms with van der Waals surface area (Å²) in [5.74, 6) is -0.0345. The Morgan fingerprint density at radius 1 is 1.45 bits per heavy atom. The number of aryl methyl sites for hydroxylation is 1. The van der Waals surface area contributed by atoms with Crippen molar-refractivity contribution in [1.82, 2.24) is 4.90 Å². The topological polar surface area (TPSA) is 78.9 Å². The molecule has 5 nitrogen and oxygen atoms in total. The Morgan fingerprint density at radius 2 is 2.10 bits per heavy atom. The van der Waals surface area contributed by atoms with Crippen LogP contribution < -0.4 is 5.73 Å². The van der Waals surface area contributed by atoms with E-state index in [0.717, 1.165) is 17.5 Å². The number of amidine groups is 1. The van der Waals surface area contributed by atoms with Gasteiger partial charge in [-0.05, 0) is 30.9 Å². The summed E-state index contributed by atoms with van der Waals surface area (Å²) in [7, 11) is 1.76. The van der Waals surface area contributed by atoms with E-state index in [-0.39, 0.29) is 11.7 Å². The molecule has 1 saturated carbocycles. The van der Waals surface area contributed by atoms with Crippen molar-refractivity contribution in [3.05, 3.63) is 35.4 Å². The van der Waals surface area contributed by atoms with Gasteiger partial charge >= 0.3 is 0 Å². The van der Waals surface area contributed by atoms with Crippen LogP contribution in [0.4, 0.5) is 0 Å². The highest BCUT2D eigenvalue weighted by Crippen LogP contribution is 2.42.